The van der Waals surface area contributed by atoms with Gasteiger partial charge >= 0.3 is 6.18 Å². The molecule has 0 bridgehead atoms. The summed E-state index contributed by atoms with van der Waals surface area (Å²) in [7, 11) is 0. The average Bonchev–Trinajstić information content (AvgIpc) is 1.93. The van der Waals surface area contributed by atoms with Crippen molar-refractivity contribution in [2.75, 3.05) is 6.54 Å². The van der Waals surface area contributed by atoms with Crippen molar-refractivity contribution in [3.05, 3.63) is 0 Å². The summed E-state index contributed by atoms with van der Waals surface area (Å²) in [5.74, 6) is 0. The van der Waals surface area contributed by atoms with E-state index in [9.17, 15) is 13.2 Å². The molecule has 1 heterocycles. The summed E-state index contributed by atoms with van der Waals surface area (Å²) in [5, 5.41) is -0.128. The second-order valence-electron chi connectivity index (χ2n) is 2.76. The molecule has 68 valence electrons. The van der Waals surface area contributed by atoms with E-state index >= 15 is 0 Å². The molecule has 1 unspecified atom stereocenters. The first kappa shape index (κ1) is 9.51. The monoisotopic (exact) mass is 198 g/mol. The summed E-state index contributed by atoms with van der Waals surface area (Å²) in [6.07, 6.45) is -3.53. The van der Waals surface area contributed by atoms with E-state index in [1.165, 1.54) is 0 Å². The van der Waals surface area contributed by atoms with Crippen LogP contribution in [0.1, 0.15) is 6.92 Å². The molecule has 0 spiro atoms. The third-order valence-electron chi connectivity index (χ3n) is 1.64. The molecule has 2 nitrogen and oxygen atoms in total. The highest BCUT2D eigenvalue weighted by Gasteiger charge is 2.50. The zero-order chi connectivity index (χ0) is 9.41. The Hall–Kier alpha value is -0.580. The van der Waals surface area contributed by atoms with Gasteiger partial charge in [-0.1, -0.05) is 0 Å². The van der Waals surface area contributed by atoms with Crippen molar-refractivity contribution in [1.29, 1.82) is 0 Å². The largest absolute Gasteiger partial charge is 0.400 e. The van der Waals surface area contributed by atoms with Crippen LogP contribution in [0.2, 0.25) is 0 Å². The lowest BCUT2D eigenvalue weighted by Gasteiger charge is -2.27. The maximum Gasteiger partial charge on any atom is 0.400 e. The van der Waals surface area contributed by atoms with Gasteiger partial charge in [0.25, 0.3) is 0 Å². The van der Waals surface area contributed by atoms with Crippen LogP contribution in [0.4, 0.5) is 13.2 Å². The fourth-order valence-corrected chi connectivity index (χ4v) is 0.778. The van der Waals surface area contributed by atoms with Gasteiger partial charge in [0.15, 0.2) is 0 Å². The molecule has 0 aromatic carbocycles. The molecule has 0 radical (unpaired) electrons. The molecule has 6 heteroatoms. The first-order valence-electron chi connectivity index (χ1n) is 3.17. The average molecular weight is 199 g/mol. The van der Waals surface area contributed by atoms with E-state index < -0.39 is 18.1 Å². The van der Waals surface area contributed by atoms with E-state index in [0.717, 1.165) is 13.1 Å². The highest BCUT2D eigenvalue weighted by molar-refractivity contribution is 6.65. The van der Waals surface area contributed by atoms with Crippen molar-refractivity contribution in [1.82, 2.24) is 0 Å². The summed E-state index contributed by atoms with van der Waals surface area (Å²) in [6.45, 7) is 0.641. The molecule has 0 aromatic rings. The van der Waals surface area contributed by atoms with E-state index in [1.807, 2.05) is 0 Å². The summed E-state index contributed by atoms with van der Waals surface area (Å²) in [5.41, 5.74) is -1.97. The lowest BCUT2D eigenvalue weighted by atomic mass is 9.91. The number of rotatable bonds is 0. The molecule has 0 fully saturated rings. The van der Waals surface area contributed by atoms with E-state index in [1.54, 1.807) is 0 Å². The number of nitrogens with zero attached hydrogens (tertiary/aromatic N) is 2. The van der Waals surface area contributed by atoms with E-state index in [-0.39, 0.29) is 5.29 Å². The molecule has 0 N–H and O–H groups in total. The van der Waals surface area contributed by atoms with Crippen molar-refractivity contribution < 1.29 is 13.2 Å². The molecule has 12 heavy (non-hydrogen) atoms. The van der Waals surface area contributed by atoms with Crippen molar-refractivity contribution in [2.45, 2.75) is 13.1 Å². The zero-order valence-corrected chi connectivity index (χ0v) is 6.95. The normalized spacial score (nSPS) is 30.2. The van der Waals surface area contributed by atoms with Gasteiger partial charge < -0.3 is 0 Å². The Labute approximate surface area is 72.1 Å². The third-order valence-corrected chi connectivity index (χ3v) is 1.86. The Balaban J connectivity index is 2.86. The molecule has 0 aromatic heterocycles. The van der Waals surface area contributed by atoms with Gasteiger partial charge in [0.2, 0.25) is 5.29 Å². The fraction of sp³-hybridized carbons (Fsp3) is 0.667. The SMILES string of the molecule is CC1(C(F)(F)F)C=NC(Cl)=NC1. The number of aliphatic imine (C=N–C) groups is 2. The summed E-state index contributed by atoms with van der Waals surface area (Å²) < 4.78 is 36.7. The Morgan fingerprint density at radius 2 is 2.17 bits per heavy atom. The summed E-state index contributed by atoms with van der Waals surface area (Å²) >= 11 is 5.28. The molecule has 0 amide bonds. The molecule has 0 saturated carbocycles. The maximum absolute atomic E-state index is 12.2. The predicted molar refractivity (Wildman–Crippen MR) is 40.8 cm³/mol. The van der Waals surface area contributed by atoms with Crippen LogP contribution in [-0.4, -0.2) is 24.2 Å². The standard InChI is InChI=1S/C6H6ClF3N2/c1-5(6(8,9)10)2-11-4(7)12-3-5/h2H,3H2,1H3. The van der Waals surface area contributed by atoms with Crippen molar-refractivity contribution in [3.8, 4) is 0 Å². The van der Waals surface area contributed by atoms with Crippen molar-refractivity contribution in [2.24, 2.45) is 15.4 Å². The van der Waals surface area contributed by atoms with E-state index in [0.29, 0.717) is 0 Å². The number of amidine groups is 1. The maximum atomic E-state index is 12.2. The van der Waals surface area contributed by atoms with Crippen LogP contribution in [0.5, 0.6) is 0 Å². The molecule has 1 atom stereocenters. The second-order valence-corrected chi connectivity index (χ2v) is 3.10. The fourth-order valence-electron chi connectivity index (χ4n) is 0.670. The second kappa shape index (κ2) is 2.73. The van der Waals surface area contributed by atoms with Crippen LogP contribution in [0.25, 0.3) is 0 Å². The Kier molecular flexibility index (Phi) is 2.16. The zero-order valence-electron chi connectivity index (χ0n) is 6.19. The first-order valence-corrected chi connectivity index (χ1v) is 3.55. The lowest BCUT2D eigenvalue weighted by molar-refractivity contribution is -0.187. The minimum atomic E-state index is -4.32. The molecule has 1 rings (SSSR count). The molecule has 1 aliphatic heterocycles. The van der Waals surface area contributed by atoms with Crippen LogP contribution in [0, 0.1) is 5.41 Å². The number of alkyl halides is 3. The van der Waals surface area contributed by atoms with Gasteiger partial charge in [0.1, 0.15) is 5.41 Å². The number of hydrogen-bond acceptors (Lipinski definition) is 2. The molecule has 0 aliphatic carbocycles. The predicted octanol–water partition coefficient (Wildman–Crippen LogP) is 2.23. The Morgan fingerprint density at radius 3 is 2.50 bits per heavy atom. The van der Waals surface area contributed by atoms with Crippen LogP contribution in [0.15, 0.2) is 9.98 Å². The lowest BCUT2D eigenvalue weighted by Crippen LogP contribution is -2.41. The smallest absolute Gasteiger partial charge is 0.255 e. The van der Waals surface area contributed by atoms with Crippen molar-refractivity contribution in [3.63, 3.8) is 0 Å². The quantitative estimate of drug-likeness (QED) is 0.534. The Morgan fingerprint density at radius 1 is 1.58 bits per heavy atom. The minimum absolute atomic E-state index is 0.128. The molecule has 1 aliphatic rings. The minimum Gasteiger partial charge on any atom is -0.255 e. The van der Waals surface area contributed by atoms with Crippen LogP contribution in [-0.2, 0) is 0 Å². The third kappa shape index (κ3) is 1.60. The summed E-state index contributed by atoms with van der Waals surface area (Å²) in [4.78, 5) is 6.73. The van der Waals surface area contributed by atoms with Crippen LogP contribution >= 0.6 is 11.6 Å². The van der Waals surface area contributed by atoms with Crippen molar-refractivity contribution >= 4 is 23.1 Å². The van der Waals surface area contributed by atoms with Gasteiger partial charge in [-0.3, -0.25) is 4.99 Å². The van der Waals surface area contributed by atoms with Gasteiger partial charge in [0, 0.05) is 6.21 Å². The van der Waals surface area contributed by atoms with Crippen LogP contribution in [0.3, 0.4) is 0 Å². The van der Waals surface area contributed by atoms with Gasteiger partial charge in [-0.15, -0.1) is 0 Å². The topological polar surface area (TPSA) is 24.7 Å². The van der Waals surface area contributed by atoms with Crippen LogP contribution < -0.4 is 0 Å². The highest BCUT2D eigenvalue weighted by Crippen LogP contribution is 2.37. The molecule has 0 saturated heterocycles. The summed E-state index contributed by atoms with van der Waals surface area (Å²) in [6, 6.07) is 0. The molecular weight excluding hydrogens is 193 g/mol. The number of halogens is 4. The van der Waals surface area contributed by atoms with Gasteiger partial charge in [0.05, 0.1) is 6.54 Å². The van der Waals surface area contributed by atoms with Gasteiger partial charge in [-0.25, -0.2) is 4.99 Å². The Bertz CT molecular complexity index is 246. The molecular formula is C6H6ClF3N2. The van der Waals surface area contributed by atoms with Gasteiger partial charge in [-0.2, -0.15) is 13.2 Å². The first-order chi connectivity index (χ1) is 5.35. The highest BCUT2D eigenvalue weighted by atomic mass is 35.5. The van der Waals surface area contributed by atoms with Gasteiger partial charge in [-0.05, 0) is 18.5 Å². The number of hydrogen-bond donors (Lipinski definition) is 0. The van der Waals surface area contributed by atoms with E-state index in [4.69, 9.17) is 11.6 Å². The van der Waals surface area contributed by atoms with E-state index in [2.05, 4.69) is 9.98 Å².